The highest BCUT2D eigenvalue weighted by molar-refractivity contribution is 14.0. The fraction of sp³-hybridized carbons (Fsp3) is 0.462. The zero-order valence-electron chi connectivity index (χ0n) is 11.3. The van der Waals surface area contributed by atoms with Gasteiger partial charge in [0.05, 0.1) is 31.9 Å². The second-order valence-electron chi connectivity index (χ2n) is 4.24. The number of hydrogen-bond donors (Lipinski definition) is 1. The Bertz CT molecular complexity index is 465. The first-order chi connectivity index (χ1) is 9.20. The number of benzene rings is 1. The van der Waals surface area contributed by atoms with Gasteiger partial charge in [-0.1, -0.05) is 17.7 Å². The number of nitrogens with two attached hydrogens (primary N) is 1. The van der Waals surface area contributed by atoms with Crippen molar-refractivity contribution in [3.05, 3.63) is 28.8 Å². The summed E-state index contributed by atoms with van der Waals surface area (Å²) in [7, 11) is 1.59. The Balaban J connectivity index is 0.00000200. The van der Waals surface area contributed by atoms with Crippen LogP contribution in [0.1, 0.15) is 5.56 Å². The Hall–Kier alpha value is -0.730. The van der Waals surface area contributed by atoms with Gasteiger partial charge >= 0.3 is 0 Å². The zero-order valence-corrected chi connectivity index (χ0v) is 14.4. The van der Waals surface area contributed by atoms with Gasteiger partial charge < -0.3 is 20.1 Å². The number of morpholine rings is 1. The van der Waals surface area contributed by atoms with Gasteiger partial charge in [-0.15, -0.1) is 24.0 Å². The van der Waals surface area contributed by atoms with Crippen molar-refractivity contribution in [2.45, 2.75) is 6.54 Å². The number of hydrogen-bond acceptors (Lipinski definition) is 3. The lowest BCUT2D eigenvalue weighted by molar-refractivity contribution is 0.0674. The molecule has 0 saturated carbocycles. The molecule has 0 aliphatic carbocycles. The molecular formula is C13H19ClIN3O2. The van der Waals surface area contributed by atoms with Crippen LogP contribution in [-0.4, -0.2) is 44.3 Å². The van der Waals surface area contributed by atoms with E-state index in [4.69, 9.17) is 26.8 Å². The molecule has 0 amide bonds. The van der Waals surface area contributed by atoms with Gasteiger partial charge in [0.25, 0.3) is 0 Å². The van der Waals surface area contributed by atoms with Gasteiger partial charge in [0.2, 0.25) is 0 Å². The molecule has 0 unspecified atom stereocenters. The molecule has 1 aliphatic heterocycles. The summed E-state index contributed by atoms with van der Waals surface area (Å²) in [5.41, 5.74) is 6.95. The molecule has 7 heteroatoms. The maximum absolute atomic E-state index is 6.06. The molecule has 2 N–H and O–H groups in total. The molecule has 1 heterocycles. The molecule has 5 nitrogen and oxygen atoms in total. The van der Waals surface area contributed by atoms with Crippen LogP contribution in [0, 0.1) is 0 Å². The SMILES string of the molecule is COc1ccc(CN=C(N)N2CCOCC2)cc1Cl.I. The Morgan fingerprint density at radius 1 is 1.45 bits per heavy atom. The third-order valence-corrected chi connectivity index (χ3v) is 3.27. The van der Waals surface area contributed by atoms with Crippen molar-refractivity contribution in [2.24, 2.45) is 10.7 Å². The van der Waals surface area contributed by atoms with E-state index in [0.717, 1.165) is 18.7 Å². The van der Waals surface area contributed by atoms with Crippen molar-refractivity contribution >= 4 is 41.5 Å². The van der Waals surface area contributed by atoms with Crippen LogP contribution in [0.15, 0.2) is 23.2 Å². The smallest absolute Gasteiger partial charge is 0.191 e. The maximum Gasteiger partial charge on any atom is 0.191 e. The van der Waals surface area contributed by atoms with Crippen LogP contribution >= 0.6 is 35.6 Å². The molecule has 0 bridgehead atoms. The van der Waals surface area contributed by atoms with E-state index in [1.165, 1.54) is 0 Å². The molecule has 0 aromatic heterocycles. The van der Waals surface area contributed by atoms with Gasteiger partial charge in [0.15, 0.2) is 5.96 Å². The fourth-order valence-electron chi connectivity index (χ4n) is 1.87. The van der Waals surface area contributed by atoms with Gasteiger partial charge in [-0.05, 0) is 17.7 Å². The zero-order chi connectivity index (χ0) is 13.7. The summed E-state index contributed by atoms with van der Waals surface area (Å²) in [6.45, 7) is 3.49. The molecule has 112 valence electrons. The van der Waals surface area contributed by atoms with E-state index in [0.29, 0.717) is 36.5 Å². The third kappa shape index (κ3) is 4.68. The van der Waals surface area contributed by atoms with Crippen molar-refractivity contribution in [3.8, 4) is 5.75 Å². The molecule has 1 aromatic rings. The number of methoxy groups -OCH3 is 1. The van der Waals surface area contributed by atoms with Crippen LogP contribution in [0.2, 0.25) is 5.02 Å². The van der Waals surface area contributed by atoms with Crippen LogP contribution < -0.4 is 10.5 Å². The number of aliphatic imine (C=N–C) groups is 1. The van der Waals surface area contributed by atoms with E-state index in [1.54, 1.807) is 7.11 Å². The largest absolute Gasteiger partial charge is 0.495 e. The molecule has 0 atom stereocenters. The van der Waals surface area contributed by atoms with Crippen molar-refractivity contribution in [1.82, 2.24) is 4.90 Å². The highest BCUT2D eigenvalue weighted by atomic mass is 127. The molecule has 1 fully saturated rings. The fourth-order valence-corrected chi connectivity index (χ4v) is 2.15. The summed E-state index contributed by atoms with van der Waals surface area (Å²) < 4.78 is 10.4. The molecule has 2 rings (SSSR count). The number of nitrogens with zero attached hydrogens (tertiary/aromatic N) is 2. The molecule has 0 spiro atoms. The second-order valence-corrected chi connectivity index (χ2v) is 4.65. The van der Waals surface area contributed by atoms with Gasteiger partial charge in [0, 0.05) is 13.1 Å². The minimum absolute atomic E-state index is 0. The van der Waals surface area contributed by atoms with Gasteiger partial charge in [-0.3, -0.25) is 0 Å². The van der Waals surface area contributed by atoms with Crippen molar-refractivity contribution in [3.63, 3.8) is 0 Å². The quantitative estimate of drug-likeness (QED) is 0.470. The summed E-state index contributed by atoms with van der Waals surface area (Å²) >= 11 is 6.06. The summed E-state index contributed by atoms with van der Waals surface area (Å²) in [6, 6.07) is 5.61. The van der Waals surface area contributed by atoms with Gasteiger partial charge in [0.1, 0.15) is 5.75 Å². The van der Waals surface area contributed by atoms with E-state index in [-0.39, 0.29) is 24.0 Å². The number of halogens is 2. The molecule has 20 heavy (non-hydrogen) atoms. The van der Waals surface area contributed by atoms with Crippen molar-refractivity contribution < 1.29 is 9.47 Å². The molecule has 1 aliphatic rings. The number of guanidine groups is 1. The molecule has 0 radical (unpaired) electrons. The van der Waals surface area contributed by atoms with Gasteiger partial charge in [-0.2, -0.15) is 0 Å². The normalized spacial score (nSPS) is 15.7. The molecular weight excluding hydrogens is 393 g/mol. The minimum atomic E-state index is 0. The summed E-state index contributed by atoms with van der Waals surface area (Å²) in [6.07, 6.45) is 0. The maximum atomic E-state index is 6.06. The number of ether oxygens (including phenoxy) is 2. The first-order valence-corrected chi connectivity index (χ1v) is 6.53. The van der Waals surface area contributed by atoms with Gasteiger partial charge in [-0.25, -0.2) is 4.99 Å². The second kappa shape index (κ2) is 8.53. The first kappa shape index (κ1) is 17.3. The summed E-state index contributed by atoms with van der Waals surface area (Å²) in [5, 5.41) is 0.583. The van der Waals surface area contributed by atoms with E-state index >= 15 is 0 Å². The molecule has 1 aromatic carbocycles. The van der Waals surface area contributed by atoms with E-state index in [1.807, 2.05) is 23.1 Å². The first-order valence-electron chi connectivity index (χ1n) is 6.15. The number of rotatable bonds is 3. The lowest BCUT2D eigenvalue weighted by Crippen LogP contribution is -2.44. The average molecular weight is 412 g/mol. The Morgan fingerprint density at radius 3 is 2.75 bits per heavy atom. The Kier molecular flexibility index (Phi) is 7.39. The van der Waals surface area contributed by atoms with E-state index in [9.17, 15) is 0 Å². The predicted octanol–water partition coefficient (Wildman–Crippen LogP) is 2.11. The lowest BCUT2D eigenvalue weighted by atomic mass is 10.2. The molecule has 1 saturated heterocycles. The van der Waals surface area contributed by atoms with Crippen LogP contribution in [-0.2, 0) is 11.3 Å². The lowest BCUT2D eigenvalue weighted by Gasteiger charge is -2.27. The standard InChI is InChI=1S/C13H18ClN3O2.HI/c1-18-12-3-2-10(8-11(12)14)9-16-13(15)17-4-6-19-7-5-17;/h2-3,8H,4-7,9H2,1H3,(H2,15,16);1H. The van der Waals surface area contributed by atoms with Crippen LogP contribution in [0.25, 0.3) is 0 Å². The van der Waals surface area contributed by atoms with Crippen LogP contribution in [0.5, 0.6) is 5.75 Å². The van der Waals surface area contributed by atoms with Crippen LogP contribution in [0.3, 0.4) is 0 Å². The van der Waals surface area contributed by atoms with E-state index < -0.39 is 0 Å². The summed E-state index contributed by atoms with van der Waals surface area (Å²) in [4.78, 5) is 6.40. The Morgan fingerprint density at radius 2 is 2.15 bits per heavy atom. The average Bonchev–Trinajstić information content (AvgIpc) is 2.46. The van der Waals surface area contributed by atoms with Crippen LogP contribution in [0.4, 0.5) is 0 Å². The monoisotopic (exact) mass is 411 g/mol. The minimum Gasteiger partial charge on any atom is -0.495 e. The van der Waals surface area contributed by atoms with E-state index in [2.05, 4.69) is 4.99 Å². The van der Waals surface area contributed by atoms with Crippen molar-refractivity contribution in [2.75, 3.05) is 33.4 Å². The topological polar surface area (TPSA) is 60.1 Å². The highest BCUT2D eigenvalue weighted by Gasteiger charge is 2.12. The third-order valence-electron chi connectivity index (χ3n) is 2.97. The van der Waals surface area contributed by atoms with Crippen molar-refractivity contribution in [1.29, 1.82) is 0 Å². The highest BCUT2D eigenvalue weighted by Crippen LogP contribution is 2.25. The predicted molar refractivity (Wildman–Crippen MR) is 91.1 cm³/mol. The summed E-state index contributed by atoms with van der Waals surface area (Å²) in [5.74, 6) is 1.21. The Labute approximate surface area is 141 Å².